The van der Waals surface area contributed by atoms with Crippen molar-refractivity contribution >= 4 is 23.8 Å². The number of rotatable bonds is 3. The molecule has 0 aromatic carbocycles. The predicted molar refractivity (Wildman–Crippen MR) is 65.9 cm³/mol. The summed E-state index contributed by atoms with van der Waals surface area (Å²) in [5, 5.41) is 11.9. The van der Waals surface area contributed by atoms with Crippen LogP contribution in [0.15, 0.2) is 0 Å². The molecule has 2 rings (SSSR count). The van der Waals surface area contributed by atoms with Crippen LogP contribution in [-0.2, 0) is 4.79 Å². The molecule has 17 heavy (non-hydrogen) atoms. The number of amides is 2. The Bertz CT molecular complexity index is 320. The quantitative estimate of drug-likeness (QED) is 0.801. The van der Waals surface area contributed by atoms with Crippen LogP contribution in [0.25, 0.3) is 0 Å². The molecule has 2 aliphatic rings. The number of urea groups is 1. The average Bonchev–Trinajstić information content (AvgIpc) is 2.62. The van der Waals surface area contributed by atoms with Crippen LogP contribution >= 0.6 is 11.8 Å². The number of hydrogen-bond donors (Lipinski definition) is 2. The second-order valence-corrected chi connectivity index (χ2v) is 5.75. The van der Waals surface area contributed by atoms with Crippen LogP contribution in [0, 0.1) is 5.92 Å². The Kier molecular flexibility index (Phi) is 3.81. The summed E-state index contributed by atoms with van der Waals surface area (Å²) in [6, 6.07) is -0.758. The maximum absolute atomic E-state index is 12.0. The molecule has 2 amide bonds. The van der Waals surface area contributed by atoms with Crippen LogP contribution < -0.4 is 5.32 Å². The summed E-state index contributed by atoms with van der Waals surface area (Å²) < 4.78 is 0. The minimum absolute atomic E-state index is 0.149. The molecular formula is C11H18N2O3S. The summed E-state index contributed by atoms with van der Waals surface area (Å²) in [4.78, 5) is 24.3. The van der Waals surface area contributed by atoms with Crippen molar-refractivity contribution in [2.75, 3.05) is 11.6 Å². The lowest BCUT2D eigenvalue weighted by Crippen LogP contribution is -2.51. The highest BCUT2D eigenvalue weighted by Gasteiger charge is 2.36. The van der Waals surface area contributed by atoms with Gasteiger partial charge in [0, 0.05) is 11.8 Å². The zero-order valence-corrected chi connectivity index (χ0v) is 10.7. The van der Waals surface area contributed by atoms with E-state index in [0.29, 0.717) is 17.5 Å². The second kappa shape index (κ2) is 5.16. The zero-order valence-electron chi connectivity index (χ0n) is 9.89. The molecule has 2 fully saturated rings. The number of carboxylic acid groups (broad SMARTS) is 1. The first-order valence-electron chi connectivity index (χ1n) is 5.97. The first kappa shape index (κ1) is 12.5. The van der Waals surface area contributed by atoms with Crippen LogP contribution in [0.2, 0.25) is 0 Å². The average molecular weight is 258 g/mol. The van der Waals surface area contributed by atoms with Gasteiger partial charge in [0.15, 0.2) is 0 Å². The maximum Gasteiger partial charge on any atom is 0.327 e. The summed E-state index contributed by atoms with van der Waals surface area (Å²) in [5.74, 6) is 0.611. The van der Waals surface area contributed by atoms with Gasteiger partial charge in [0.05, 0.1) is 5.88 Å². The lowest BCUT2D eigenvalue weighted by atomic mass is 9.80. The molecule has 2 N–H and O–H groups in total. The number of aliphatic carboxylic acids is 1. The van der Waals surface area contributed by atoms with Crippen LogP contribution in [0.4, 0.5) is 4.79 Å². The molecule has 5 nitrogen and oxygen atoms in total. The molecule has 1 aliphatic carbocycles. The van der Waals surface area contributed by atoms with Gasteiger partial charge in [-0.1, -0.05) is 6.42 Å². The predicted octanol–water partition coefficient (Wildman–Crippen LogP) is 1.34. The minimum atomic E-state index is -0.915. The third kappa shape index (κ3) is 2.68. The van der Waals surface area contributed by atoms with Gasteiger partial charge in [0.25, 0.3) is 0 Å². The van der Waals surface area contributed by atoms with E-state index in [0.717, 1.165) is 0 Å². The van der Waals surface area contributed by atoms with E-state index >= 15 is 0 Å². The topological polar surface area (TPSA) is 69.6 Å². The van der Waals surface area contributed by atoms with Crippen molar-refractivity contribution in [3.05, 3.63) is 0 Å². The van der Waals surface area contributed by atoms with E-state index in [1.165, 1.54) is 35.9 Å². The van der Waals surface area contributed by atoms with Gasteiger partial charge in [-0.25, -0.2) is 9.59 Å². The van der Waals surface area contributed by atoms with Crippen molar-refractivity contribution in [3.8, 4) is 0 Å². The van der Waals surface area contributed by atoms with E-state index in [9.17, 15) is 9.59 Å². The fourth-order valence-corrected chi connectivity index (χ4v) is 3.33. The van der Waals surface area contributed by atoms with E-state index in [-0.39, 0.29) is 12.1 Å². The summed E-state index contributed by atoms with van der Waals surface area (Å²) in [5.41, 5.74) is 0. The van der Waals surface area contributed by atoms with E-state index in [1.807, 2.05) is 6.92 Å². The van der Waals surface area contributed by atoms with E-state index in [1.54, 1.807) is 0 Å². The summed E-state index contributed by atoms with van der Waals surface area (Å²) in [7, 11) is 0. The largest absolute Gasteiger partial charge is 0.480 e. The minimum Gasteiger partial charge on any atom is -0.480 e. The van der Waals surface area contributed by atoms with Gasteiger partial charge in [-0.15, -0.1) is 11.8 Å². The molecule has 1 saturated heterocycles. The Hall–Kier alpha value is -0.910. The third-order valence-electron chi connectivity index (χ3n) is 3.64. The number of nitrogens with zero attached hydrogens (tertiary/aromatic N) is 1. The second-order valence-electron chi connectivity index (χ2n) is 4.75. The molecule has 1 aliphatic heterocycles. The molecule has 0 bridgehead atoms. The number of hydrogen-bond acceptors (Lipinski definition) is 3. The molecule has 1 saturated carbocycles. The van der Waals surface area contributed by atoms with Gasteiger partial charge >= 0.3 is 12.0 Å². The van der Waals surface area contributed by atoms with Crippen LogP contribution in [0.1, 0.15) is 26.2 Å². The van der Waals surface area contributed by atoms with Crippen molar-refractivity contribution in [1.82, 2.24) is 10.2 Å². The molecule has 0 aromatic rings. The summed E-state index contributed by atoms with van der Waals surface area (Å²) >= 11 is 1.49. The molecule has 96 valence electrons. The van der Waals surface area contributed by atoms with E-state index < -0.39 is 12.0 Å². The van der Waals surface area contributed by atoms with E-state index in [2.05, 4.69) is 5.32 Å². The van der Waals surface area contributed by atoms with Crippen molar-refractivity contribution in [3.63, 3.8) is 0 Å². The van der Waals surface area contributed by atoms with Gasteiger partial charge < -0.3 is 15.3 Å². The fourth-order valence-electron chi connectivity index (χ4n) is 2.18. The maximum atomic E-state index is 12.0. The Morgan fingerprint density at radius 2 is 2.18 bits per heavy atom. The Morgan fingerprint density at radius 3 is 2.71 bits per heavy atom. The number of carbonyl (C=O) groups is 2. The summed E-state index contributed by atoms with van der Waals surface area (Å²) in [6.07, 6.45) is 3.57. The molecule has 1 unspecified atom stereocenters. The smallest absolute Gasteiger partial charge is 0.327 e. The van der Waals surface area contributed by atoms with Gasteiger partial charge in [-0.3, -0.25) is 0 Å². The highest BCUT2D eigenvalue weighted by atomic mass is 32.2. The SMILES string of the molecule is CC(NC(=O)N1CSC[C@H]1C(=O)O)C1CCC1. The van der Waals surface area contributed by atoms with Crippen LogP contribution in [0.5, 0.6) is 0 Å². The van der Waals surface area contributed by atoms with Crippen LogP contribution in [0.3, 0.4) is 0 Å². The molecule has 0 spiro atoms. The standard InChI is InChI=1S/C11H18N2O3S/c1-7(8-3-2-4-8)12-11(16)13-6-17-5-9(13)10(14)15/h7-9H,2-6H2,1H3,(H,12,16)(H,14,15)/t7?,9-/m0/s1. The highest BCUT2D eigenvalue weighted by Crippen LogP contribution is 2.29. The first-order chi connectivity index (χ1) is 8.09. The van der Waals surface area contributed by atoms with Gasteiger partial charge in [-0.05, 0) is 25.7 Å². The number of thioether (sulfide) groups is 1. The van der Waals surface area contributed by atoms with Gasteiger partial charge in [0.1, 0.15) is 6.04 Å². The zero-order chi connectivity index (χ0) is 12.4. The molecule has 0 radical (unpaired) electrons. The van der Waals surface area contributed by atoms with Crippen LogP contribution in [-0.4, -0.2) is 45.7 Å². The fraction of sp³-hybridized carbons (Fsp3) is 0.818. The molecule has 0 aromatic heterocycles. The number of nitrogens with one attached hydrogen (secondary N) is 1. The Balaban J connectivity index is 1.88. The lowest BCUT2D eigenvalue weighted by Gasteiger charge is -2.33. The summed E-state index contributed by atoms with van der Waals surface area (Å²) in [6.45, 7) is 2.00. The first-order valence-corrected chi connectivity index (χ1v) is 7.12. The molecular weight excluding hydrogens is 240 g/mol. The monoisotopic (exact) mass is 258 g/mol. The lowest BCUT2D eigenvalue weighted by molar-refractivity contribution is -0.140. The number of carboxylic acids is 1. The third-order valence-corrected chi connectivity index (χ3v) is 4.65. The van der Waals surface area contributed by atoms with Gasteiger partial charge in [0.2, 0.25) is 0 Å². The Morgan fingerprint density at radius 1 is 1.47 bits per heavy atom. The molecule has 2 atom stereocenters. The van der Waals surface area contributed by atoms with Crippen molar-refractivity contribution in [2.45, 2.75) is 38.3 Å². The molecule has 1 heterocycles. The molecule has 6 heteroatoms. The van der Waals surface area contributed by atoms with Gasteiger partial charge in [-0.2, -0.15) is 0 Å². The number of carbonyl (C=O) groups excluding carboxylic acids is 1. The highest BCUT2D eigenvalue weighted by molar-refractivity contribution is 7.99. The van der Waals surface area contributed by atoms with Crippen molar-refractivity contribution in [1.29, 1.82) is 0 Å². The van der Waals surface area contributed by atoms with Crippen molar-refractivity contribution in [2.24, 2.45) is 5.92 Å². The normalized spacial score (nSPS) is 26.4. The van der Waals surface area contributed by atoms with Crippen molar-refractivity contribution < 1.29 is 14.7 Å². The van der Waals surface area contributed by atoms with E-state index in [4.69, 9.17) is 5.11 Å². The Labute approximate surface area is 105 Å².